The summed E-state index contributed by atoms with van der Waals surface area (Å²) in [5.74, 6) is 0. The van der Waals surface area contributed by atoms with Crippen molar-refractivity contribution in [3.63, 3.8) is 0 Å². The van der Waals surface area contributed by atoms with E-state index in [0.717, 1.165) is 10.1 Å². The highest BCUT2D eigenvalue weighted by molar-refractivity contribution is 6.35. The monoisotopic (exact) mass is 168 g/mol. The van der Waals surface area contributed by atoms with E-state index >= 15 is 0 Å². The van der Waals surface area contributed by atoms with Crippen LogP contribution in [0, 0.1) is 5.21 Å². The van der Waals surface area contributed by atoms with Crippen molar-refractivity contribution in [2.24, 2.45) is 0 Å². The molecule has 0 spiro atoms. The van der Waals surface area contributed by atoms with Crippen molar-refractivity contribution in [1.82, 2.24) is 4.98 Å². The highest BCUT2D eigenvalue weighted by Gasteiger charge is 2.05. The maximum absolute atomic E-state index is 11.0. The van der Waals surface area contributed by atoms with Crippen molar-refractivity contribution in [2.45, 2.75) is 0 Å². The van der Waals surface area contributed by atoms with Crippen LogP contribution in [0.3, 0.4) is 0 Å². The molecule has 0 aliphatic rings. The Morgan fingerprint density at radius 3 is 3.00 bits per heavy atom. The average molecular weight is 169 g/mol. The largest absolute Gasteiger partial charge is 0.711 e. The average Bonchev–Trinajstić information content (AvgIpc) is 2.45. The van der Waals surface area contributed by atoms with Crippen molar-refractivity contribution in [3.05, 3.63) is 34.8 Å². The second-order valence-corrected chi connectivity index (χ2v) is 2.64. The lowest BCUT2D eigenvalue weighted by molar-refractivity contribution is -0.579. The molecule has 0 amide bonds. The molecule has 1 N–H and O–H groups in total. The molecule has 2 heterocycles. The zero-order valence-electron chi connectivity index (χ0n) is 5.54. The maximum Gasteiger partial charge on any atom is 0.291 e. The minimum atomic E-state index is 0.498. The topological polar surface area (TPSA) is 42.7 Å². The van der Waals surface area contributed by atoms with Crippen LogP contribution in [0.1, 0.15) is 0 Å². The summed E-state index contributed by atoms with van der Waals surface area (Å²) in [6.07, 6.45) is 3.06. The predicted octanol–water partition coefficient (Wildman–Crippen LogP) is 1.45. The molecule has 2 rings (SSSR count). The molecule has 0 aliphatic heterocycles. The van der Waals surface area contributed by atoms with Crippen molar-refractivity contribution >= 4 is 22.6 Å². The van der Waals surface area contributed by atoms with Gasteiger partial charge in [-0.25, -0.2) is 9.71 Å². The highest BCUT2D eigenvalue weighted by Crippen LogP contribution is 2.18. The molecule has 0 unspecified atom stereocenters. The van der Waals surface area contributed by atoms with Gasteiger partial charge in [-0.1, -0.05) is 11.6 Å². The molecular formula is C7H5ClN2O. The molecule has 56 valence electrons. The van der Waals surface area contributed by atoms with Crippen molar-refractivity contribution in [3.8, 4) is 0 Å². The lowest BCUT2D eigenvalue weighted by Crippen LogP contribution is -2.26. The molecule has 0 saturated carbocycles. The summed E-state index contributed by atoms with van der Waals surface area (Å²) in [4.78, 5) is 2.79. The van der Waals surface area contributed by atoms with E-state index in [2.05, 4.69) is 4.98 Å². The van der Waals surface area contributed by atoms with Gasteiger partial charge < -0.3 is 5.21 Å². The molecule has 0 aromatic carbocycles. The highest BCUT2D eigenvalue weighted by atomic mass is 35.5. The normalized spacial score (nSPS) is 10.6. The fourth-order valence-electron chi connectivity index (χ4n) is 1.03. The first-order valence-corrected chi connectivity index (χ1v) is 3.51. The van der Waals surface area contributed by atoms with E-state index in [-0.39, 0.29) is 0 Å². The Labute approximate surface area is 67.8 Å². The van der Waals surface area contributed by atoms with Gasteiger partial charge in [-0.2, -0.15) is 0 Å². The van der Waals surface area contributed by atoms with Gasteiger partial charge in [0.1, 0.15) is 0 Å². The number of nitrogens with one attached hydrogen (secondary N) is 1. The van der Waals surface area contributed by atoms with E-state index < -0.39 is 0 Å². The summed E-state index contributed by atoms with van der Waals surface area (Å²) in [6, 6.07) is 3.34. The van der Waals surface area contributed by atoms with E-state index in [1.807, 2.05) is 0 Å². The van der Waals surface area contributed by atoms with Crippen LogP contribution >= 0.6 is 11.6 Å². The number of nitrogens with zero attached hydrogens (tertiary/aromatic N) is 1. The standard InChI is InChI=1S/C7H5ClN2O/c8-6-2-4-10(11)7-5(6)1-3-9-7/h1-4,9H. The van der Waals surface area contributed by atoms with Gasteiger partial charge in [0, 0.05) is 0 Å². The molecule has 0 radical (unpaired) electrons. The van der Waals surface area contributed by atoms with E-state index in [1.165, 1.54) is 6.20 Å². The Morgan fingerprint density at radius 2 is 2.27 bits per heavy atom. The third-order valence-electron chi connectivity index (χ3n) is 1.56. The molecule has 0 fully saturated rings. The number of aromatic amines is 1. The first-order chi connectivity index (χ1) is 5.29. The summed E-state index contributed by atoms with van der Waals surface area (Å²) in [6.45, 7) is 0. The van der Waals surface area contributed by atoms with Crippen LogP contribution < -0.4 is 4.73 Å². The predicted molar refractivity (Wildman–Crippen MR) is 42.3 cm³/mol. The smallest absolute Gasteiger partial charge is 0.291 e. The van der Waals surface area contributed by atoms with Gasteiger partial charge in [-0.15, -0.1) is 0 Å². The van der Waals surface area contributed by atoms with Crippen LogP contribution in [-0.2, 0) is 0 Å². The van der Waals surface area contributed by atoms with E-state index in [4.69, 9.17) is 11.6 Å². The maximum atomic E-state index is 11.0. The molecule has 4 heteroatoms. The van der Waals surface area contributed by atoms with Crippen LogP contribution in [0.2, 0.25) is 5.02 Å². The third kappa shape index (κ3) is 0.851. The summed E-state index contributed by atoms with van der Waals surface area (Å²) < 4.78 is 0.751. The fourth-order valence-corrected chi connectivity index (χ4v) is 1.24. The number of halogens is 1. The third-order valence-corrected chi connectivity index (χ3v) is 1.89. The number of rotatable bonds is 0. The quantitative estimate of drug-likeness (QED) is 0.470. The second-order valence-electron chi connectivity index (χ2n) is 2.23. The molecule has 3 nitrogen and oxygen atoms in total. The lowest BCUT2D eigenvalue weighted by Gasteiger charge is -2.01. The van der Waals surface area contributed by atoms with Gasteiger partial charge in [0.25, 0.3) is 5.65 Å². The van der Waals surface area contributed by atoms with E-state index in [1.54, 1.807) is 18.3 Å². The van der Waals surface area contributed by atoms with Gasteiger partial charge in [0.15, 0.2) is 0 Å². The first kappa shape index (κ1) is 6.49. The summed E-state index contributed by atoms with van der Waals surface area (Å²) in [7, 11) is 0. The molecular weight excluding hydrogens is 164 g/mol. The van der Waals surface area contributed by atoms with Gasteiger partial charge in [0.2, 0.25) is 0 Å². The summed E-state index contributed by atoms with van der Waals surface area (Å²) >= 11 is 5.80. The number of hydrogen-bond acceptors (Lipinski definition) is 1. The Kier molecular flexibility index (Phi) is 1.26. The van der Waals surface area contributed by atoms with Crippen molar-refractivity contribution in [2.75, 3.05) is 0 Å². The number of pyridine rings is 1. The Balaban J connectivity index is 2.96. The number of hydrogen-bond donors (Lipinski definition) is 1. The Hall–Kier alpha value is -1.22. The van der Waals surface area contributed by atoms with Crippen molar-refractivity contribution in [1.29, 1.82) is 0 Å². The Bertz CT molecular complexity index is 360. The van der Waals surface area contributed by atoms with Crippen LogP contribution in [0.4, 0.5) is 0 Å². The molecule has 0 atom stereocenters. The first-order valence-electron chi connectivity index (χ1n) is 3.14. The lowest BCUT2D eigenvalue weighted by atomic mass is 10.3. The minimum absolute atomic E-state index is 0.498. The molecule has 2 aromatic heterocycles. The minimum Gasteiger partial charge on any atom is -0.711 e. The van der Waals surface area contributed by atoms with E-state index in [9.17, 15) is 5.21 Å². The SMILES string of the molecule is [O-][n+]1ccc(Cl)c2cc[nH]c21. The number of aromatic nitrogens is 2. The molecule has 11 heavy (non-hydrogen) atoms. The number of fused-ring (bicyclic) bond motifs is 1. The summed E-state index contributed by atoms with van der Waals surface area (Å²) in [5.41, 5.74) is 0.498. The molecule has 2 aromatic rings. The molecule has 0 saturated heterocycles. The second kappa shape index (κ2) is 2.13. The van der Waals surface area contributed by atoms with Crippen LogP contribution in [-0.4, -0.2) is 4.98 Å². The summed E-state index contributed by atoms with van der Waals surface area (Å²) in [5, 5.41) is 12.4. The number of H-pyrrole nitrogens is 1. The van der Waals surface area contributed by atoms with E-state index in [0.29, 0.717) is 10.7 Å². The zero-order chi connectivity index (χ0) is 7.84. The van der Waals surface area contributed by atoms with Crippen LogP contribution in [0.15, 0.2) is 24.5 Å². The van der Waals surface area contributed by atoms with Gasteiger partial charge in [0.05, 0.1) is 22.8 Å². The molecule has 0 bridgehead atoms. The zero-order valence-corrected chi connectivity index (χ0v) is 6.30. The van der Waals surface area contributed by atoms with Crippen LogP contribution in [0.5, 0.6) is 0 Å². The van der Waals surface area contributed by atoms with Crippen molar-refractivity contribution < 1.29 is 4.73 Å². The van der Waals surface area contributed by atoms with Crippen LogP contribution in [0.25, 0.3) is 11.0 Å². The Morgan fingerprint density at radius 1 is 1.45 bits per heavy atom. The van der Waals surface area contributed by atoms with Gasteiger partial charge in [-0.05, 0) is 12.1 Å². The van der Waals surface area contributed by atoms with Gasteiger partial charge >= 0.3 is 0 Å². The fraction of sp³-hybridized carbons (Fsp3) is 0. The van der Waals surface area contributed by atoms with Gasteiger partial charge in [-0.3, -0.25) is 0 Å². The molecule has 0 aliphatic carbocycles.